The molecule has 1 unspecified atom stereocenters. The van der Waals surface area contributed by atoms with Gasteiger partial charge >= 0.3 is 0 Å². The van der Waals surface area contributed by atoms with Gasteiger partial charge in [0.15, 0.2) is 0 Å². The Balaban J connectivity index is 0.000000379. The standard InChI is InChI=1S/C14H22O3.C5H9N/c1-14(2,15-3)10-17-12-8-11-6-4-5-7-13(11)16-9-12;1-3-4-5(2)6/h4,6,12H,5,7-10H2,1-3H3;3H,1-2,4,6H2. The normalized spacial score (nSPS) is 20.0. The van der Waals surface area contributed by atoms with Gasteiger partial charge in [0.2, 0.25) is 0 Å². The van der Waals surface area contributed by atoms with Gasteiger partial charge < -0.3 is 19.9 Å². The van der Waals surface area contributed by atoms with Crippen LogP contribution in [0.3, 0.4) is 0 Å². The monoisotopic (exact) mass is 321 g/mol. The van der Waals surface area contributed by atoms with Crippen LogP contribution in [0, 0.1) is 0 Å². The molecule has 23 heavy (non-hydrogen) atoms. The van der Waals surface area contributed by atoms with E-state index in [-0.39, 0.29) is 11.7 Å². The van der Waals surface area contributed by atoms with Gasteiger partial charge in [0, 0.05) is 32.1 Å². The minimum atomic E-state index is -0.225. The van der Waals surface area contributed by atoms with Gasteiger partial charge in [-0.15, -0.1) is 6.58 Å². The molecule has 0 aromatic carbocycles. The summed E-state index contributed by atoms with van der Waals surface area (Å²) in [5, 5.41) is 0. The molecule has 0 saturated heterocycles. The van der Waals surface area contributed by atoms with Crippen molar-refractivity contribution in [2.45, 2.75) is 51.2 Å². The average molecular weight is 321 g/mol. The Morgan fingerprint density at radius 2 is 2.26 bits per heavy atom. The van der Waals surface area contributed by atoms with Crippen LogP contribution in [-0.4, -0.2) is 32.0 Å². The van der Waals surface area contributed by atoms with E-state index in [1.165, 1.54) is 11.3 Å². The van der Waals surface area contributed by atoms with Gasteiger partial charge in [-0.1, -0.05) is 24.8 Å². The van der Waals surface area contributed by atoms with Gasteiger partial charge in [0.05, 0.1) is 24.1 Å². The molecule has 1 atom stereocenters. The molecule has 1 aliphatic carbocycles. The van der Waals surface area contributed by atoms with Crippen molar-refractivity contribution < 1.29 is 14.2 Å². The summed E-state index contributed by atoms with van der Waals surface area (Å²) < 4.78 is 17.0. The second kappa shape index (κ2) is 9.58. The molecule has 1 aliphatic heterocycles. The first-order chi connectivity index (χ1) is 10.9. The Hall–Kier alpha value is -1.52. The Morgan fingerprint density at radius 3 is 2.83 bits per heavy atom. The van der Waals surface area contributed by atoms with Crippen LogP contribution in [0.15, 0.2) is 48.4 Å². The lowest BCUT2D eigenvalue weighted by atomic mass is 9.97. The van der Waals surface area contributed by atoms with E-state index in [0.717, 1.165) is 25.7 Å². The zero-order chi connectivity index (χ0) is 17.3. The highest BCUT2D eigenvalue weighted by Gasteiger charge is 2.25. The van der Waals surface area contributed by atoms with Crippen molar-refractivity contribution in [1.29, 1.82) is 0 Å². The Bertz CT molecular complexity index is 463. The summed E-state index contributed by atoms with van der Waals surface area (Å²) in [6, 6.07) is 0. The van der Waals surface area contributed by atoms with E-state index < -0.39 is 0 Å². The first-order valence-corrected chi connectivity index (χ1v) is 8.10. The number of rotatable bonds is 6. The molecule has 0 amide bonds. The number of hydrogen-bond acceptors (Lipinski definition) is 4. The third-order valence-electron chi connectivity index (χ3n) is 3.73. The Morgan fingerprint density at radius 1 is 1.52 bits per heavy atom. The number of nitrogens with two attached hydrogens (primary N) is 1. The summed E-state index contributed by atoms with van der Waals surface area (Å²) in [6.07, 6.45) is 10.1. The van der Waals surface area contributed by atoms with Crippen molar-refractivity contribution in [3.63, 3.8) is 0 Å². The molecule has 130 valence electrons. The fourth-order valence-electron chi connectivity index (χ4n) is 2.21. The molecule has 2 N–H and O–H groups in total. The second-order valence-corrected chi connectivity index (χ2v) is 6.45. The summed E-state index contributed by atoms with van der Waals surface area (Å²) in [7, 11) is 1.71. The molecule has 4 nitrogen and oxygen atoms in total. The number of methoxy groups -OCH3 is 1. The lowest BCUT2D eigenvalue weighted by Crippen LogP contribution is -2.34. The van der Waals surface area contributed by atoms with Gasteiger partial charge in [-0.2, -0.15) is 0 Å². The molecule has 4 heteroatoms. The van der Waals surface area contributed by atoms with Crippen LogP contribution in [0.2, 0.25) is 0 Å². The van der Waals surface area contributed by atoms with Gasteiger partial charge in [0.25, 0.3) is 0 Å². The highest BCUT2D eigenvalue weighted by atomic mass is 16.6. The second-order valence-electron chi connectivity index (χ2n) is 6.45. The quantitative estimate of drug-likeness (QED) is 0.755. The van der Waals surface area contributed by atoms with Crippen LogP contribution in [0.5, 0.6) is 0 Å². The van der Waals surface area contributed by atoms with Gasteiger partial charge in [0.1, 0.15) is 6.61 Å². The van der Waals surface area contributed by atoms with Crippen LogP contribution < -0.4 is 5.73 Å². The predicted octanol–water partition coefficient (Wildman–Crippen LogP) is 3.86. The fraction of sp³-hybridized carbons (Fsp3) is 0.579. The van der Waals surface area contributed by atoms with E-state index in [1.54, 1.807) is 13.2 Å². The summed E-state index contributed by atoms with van der Waals surface area (Å²) in [6.45, 7) is 12.2. The van der Waals surface area contributed by atoms with Crippen molar-refractivity contribution in [2.75, 3.05) is 20.3 Å². The minimum absolute atomic E-state index is 0.158. The molecule has 0 spiro atoms. The largest absolute Gasteiger partial charge is 0.495 e. The molecule has 2 rings (SSSR count). The maximum absolute atomic E-state index is 5.87. The van der Waals surface area contributed by atoms with Crippen LogP contribution >= 0.6 is 0 Å². The van der Waals surface area contributed by atoms with Crippen molar-refractivity contribution in [3.05, 3.63) is 48.4 Å². The molecule has 0 fully saturated rings. The van der Waals surface area contributed by atoms with Crippen molar-refractivity contribution >= 4 is 0 Å². The van der Waals surface area contributed by atoms with E-state index in [4.69, 9.17) is 19.9 Å². The molecule has 0 radical (unpaired) electrons. The molecule has 1 heterocycles. The van der Waals surface area contributed by atoms with Crippen LogP contribution in [-0.2, 0) is 14.2 Å². The third-order valence-corrected chi connectivity index (χ3v) is 3.73. The van der Waals surface area contributed by atoms with E-state index >= 15 is 0 Å². The van der Waals surface area contributed by atoms with Gasteiger partial charge in [-0.05, 0) is 25.8 Å². The molecule has 0 aromatic heterocycles. The fourth-order valence-corrected chi connectivity index (χ4v) is 2.21. The first-order valence-electron chi connectivity index (χ1n) is 8.10. The maximum Gasteiger partial charge on any atom is 0.114 e. The first kappa shape index (κ1) is 19.5. The molecule has 0 aromatic rings. The Kier molecular flexibility index (Phi) is 8.13. The summed E-state index contributed by atoms with van der Waals surface area (Å²) in [5.41, 5.74) is 6.89. The molecular formula is C19H31NO3. The molecule has 2 aliphatic rings. The highest BCUT2D eigenvalue weighted by Crippen LogP contribution is 2.29. The summed E-state index contributed by atoms with van der Waals surface area (Å²) >= 11 is 0. The van der Waals surface area contributed by atoms with Crippen LogP contribution in [0.1, 0.15) is 39.5 Å². The minimum Gasteiger partial charge on any atom is -0.495 e. The smallest absolute Gasteiger partial charge is 0.114 e. The highest BCUT2D eigenvalue weighted by molar-refractivity contribution is 5.28. The molecular weight excluding hydrogens is 290 g/mol. The predicted molar refractivity (Wildman–Crippen MR) is 94.9 cm³/mol. The lowest BCUT2D eigenvalue weighted by Gasteiger charge is -2.31. The Labute approximate surface area is 140 Å². The molecule has 0 bridgehead atoms. The summed E-state index contributed by atoms with van der Waals surface area (Å²) in [5.74, 6) is 1.17. The van der Waals surface area contributed by atoms with Gasteiger partial charge in [-0.3, -0.25) is 0 Å². The van der Waals surface area contributed by atoms with Crippen molar-refractivity contribution in [1.82, 2.24) is 0 Å². The number of allylic oxidation sites excluding steroid dienone is 4. The van der Waals surface area contributed by atoms with E-state index in [1.807, 2.05) is 13.8 Å². The summed E-state index contributed by atoms with van der Waals surface area (Å²) in [4.78, 5) is 0. The lowest BCUT2D eigenvalue weighted by molar-refractivity contribution is -0.0922. The van der Waals surface area contributed by atoms with E-state index in [9.17, 15) is 0 Å². The van der Waals surface area contributed by atoms with Crippen LogP contribution in [0.4, 0.5) is 0 Å². The average Bonchev–Trinajstić information content (AvgIpc) is 2.53. The zero-order valence-corrected chi connectivity index (χ0v) is 14.8. The van der Waals surface area contributed by atoms with Crippen LogP contribution in [0.25, 0.3) is 0 Å². The SMILES string of the molecule is C=CCC(=C)N.COC(C)(C)COC1COC2=C(C=CCC2)C1. The van der Waals surface area contributed by atoms with Crippen molar-refractivity contribution in [2.24, 2.45) is 5.73 Å². The van der Waals surface area contributed by atoms with E-state index in [0.29, 0.717) is 18.9 Å². The van der Waals surface area contributed by atoms with Crippen molar-refractivity contribution in [3.8, 4) is 0 Å². The molecule has 0 saturated carbocycles. The van der Waals surface area contributed by atoms with E-state index in [2.05, 4.69) is 25.3 Å². The topological polar surface area (TPSA) is 53.7 Å². The third kappa shape index (κ3) is 7.53. The zero-order valence-electron chi connectivity index (χ0n) is 14.8. The van der Waals surface area contributed by atoms with Gasteiger partial charge in [-0.25, -0.2) is 0 Å². The number of hydrogen-bond donors (Lipinski definition) is 1. The maximum atomic E-state index is 5.87. The number of ether oxygens (including phenoxy) is 3.